The van der Waals surface area contributed by atoms with Crippen molar-refractivity contribution in [3.05, 3.63) is 24.6 Å². The summed E-state index contributed by atoms with van der Waals surface area (Å²) in [5.74, 6) is 1.37. The molecule has 3 rings (SSSR count). The van der Waals surface area contributed by atoms with Gasteiger partial charge >= 0.3 is 0 Å². The van der Waals surface area contributed by atoms with Gasteiger partial charge in [0.15, 0.2) is 0 Å². The van der Waals surface area contributed by atoms with Crippen molar-refractivity contribution in [2.45, 2.75) is 18.9 Å². The van der Waals surface area contributed by atoms with E-state index >= 15 is 0 Å². The molecule has 0 aliphatic carbocycles. The van der Waals surface area contributed by atoms with E-state index in [1.54, 1.807) is 19.4 Å². The molecule has 6 nitrogen and oxygen atoms in total. The average molecular weight is 290 g/mol. The molecule has 1 atom stereocenters. The molecule has 114 valence electrons. The summed E-state index contributed by atoms with van der Waals surface area (Å²) in [6, 6.07) is 1.77. The molecule has 0 amide bonds. The van der Waals surface area contributed by atoms with E-state index in [4.69, 9.17) is 9.47 Å². The minimum atomic E-state index is 0.342. The number of ether oxygens (including phenoxy) is 2. The quantitative estimate of drug-likeness (QED) is 0.833. The van der Waals surface area contributed by atoms with Gasteiger partial charge in [-0.05, 0) is 18.9 Å². The predicted molar refractivity (Wildman–Crippen MR) is 80.5 cm³/mol. The van der Waals surface area contributed by atoms with Gasteiger partial charge in [0, 0.05) is 45.0 Å². The third kappa shape index (κ3) is 3.64. The van der Waals surface area contributed by atoms with Crippen LogP contribution >= 0.6 is 0 Å². The molecule has 0 bridgehead atoms. The van der Waals surface area contributed by atoms with E-state index in [9.17, 15) is 0 Å². The Hall–Kier alpha value is -1.82. The molecule has 21 heavy (non-hydrogen) atoms. The first-order chi connectivity index (χ1) is 10.3. The number of rotatable bonds is 4. The SMILES string of the molecule is COc1ccnc(N2CCN(C[C@H]3CCC=CO3)CC2)n1. The highest BCUT2D eigenvalue weighted by Crippen LogP contribution is 2.16. The molecule has 0 spiro atoms. The summed E-state index contributed by atoms with van der Waals surface area (Å²) in [5.41, 5.74) is 0. The number of nitrogens with zero attached hydrogens (tertiary/aromatic N) is 4. The summed E-state index contributed by atoms with van der Waals surface area (Å²) in [5, 5.41) is 0. The molecular formula is C15H22N4O2. The second-order valence-electron chi connectivity index (χ2n) is 5.39. The molecule has 3 heterocycles. The van der Waals surface area contributed by atoms with Crippen LogP contribution in [0.5, 0.6) is 5.88 Å². The number of methoxy groups -OCH3 is 1. The highest BCUT2D eigenvalue weighted by Gasteiger charge is 2.22. The maximum atomic E-state index is 5.65. The summed E-state index contributed by atoms with van der Waals surface area (Å²) < 4.78 is 10.8. The van der Waals surface area contributed by atoms with E-state index in [-0.39, 0.29) is 0 Å². The van der Waals surface area contributed by atoms with Gasteiger partial charge in [-0.3, -0.25) is 4.90 Å². The summed E-state index contributed by atoms with van der Waals surface area (Å²) in [4.78, 5) is 13.4. The number of aromatic nitrogens is 2. The maximum absolute atomic E-state index is 5.65. The Morgan fingerprint density at radius 3 is 2.90 bits per heavy atom. The summed E-state index contributed by atoms with van der Waals surface area (Å²) in [6.07, 6.45) is 8.27. The minimum absolute atomic E-state index is 0.342. The molecule has 0 radical (unpaired) electrons. The zero-order valence-corrected chi connectivity index (χ0v) is 12.4. The average Bonchev–Trinajstić information content (AvgIpc) is 2.56. The van der Waals surface area contributed by atoms with E-state index in [2.05, 4.69) is 25.8 Å². The molecule has 2 aliphatic heterocycles. The molecular weight excluding hydrogens is 268 g/mol. The summed E-state index contributed by atoms with van der Waals surface area (Å²) >= 11 is 0. The zero-order chi connectivity index (χ0) is 14.5. The molecule has 2 aliphatic rings. The van der Waals surface area contributed by atoms with Crippen LogP contribution in [0, 0.1) is 0 Å². The summed E-state index contributed by atoms with van der Waals surface area (Å²) in [7, 11) is 1.63. The largest absolute Gasteiger partial charge is 0.497 e. The third-order valence-electron chi connectivity index (χ3n) is 3.97. The number of allylic oxidation sites excluding steroid dienone is 1. The van der Waals surface area contributed by atoms with Crippen molar-refractivity contribution in [3.63, 3.8) is 0 Å². The van der Waals surface area contributed by atoms with E-state index in [0.717, 1.165) is 51.5 Å². The van der Waals surface area contributed by atoms with E-state index in [1.807, 2.05) is 6.26 Å². The normalized spacial score (nSPS) is 22.9. The van der Waals surface area contributed by atoms with Crippen LogP contribution in [0.1, 0.15) is 12.8 Å². The second-order valence-corrected chi connectivity index (χ2v) is 5.39. The van der Waals surface area contributed by atoms with Crippen LogP contribution in [0.25, 0.3) is 0 Å². The van der Waals surface area contributed by atoms with E-state index in [0.29, 0.717) is 12.0 Å². The van der Waals surface area contributed by atoms with Crippen LogP contribution in [0.4, 0.5) is 5.95 Å². The lowest BCUT2D eigenvalue weighted by Gasteiger charge is -2.36. The molecule has 6 heteroatoms. The molecule has 1 aromatic heterocycles. The second kappa shape index (κ2) is 6.76. The van der Waals surface area contributed by atoms with Crippen molar-refractivity contribution < 1.29 is 9.47 Å². The standard InChI is InChI=1S/C15H22N4O2/c1-20-14-5-6-16-15(17-14)19-9-7-18(8-10-19)12-13-4-2-3-11-21-13/h3,5-6,11,13H,2,4,7-10,12H2,1H3/t13-/m1/s1. The molecule has 0 aromatic carbocycles. The fourth-order valence-corrected chi connectivity index (χ4v) is 2.74. The monoisotopic (exact) mass is 290 g/mol. The van der Waals surface area contributed by atoms with Gasteiger partial charge in [0.05, 0.1) is 13.4 Å². The molecule has 0 unspecified atom stereocenters. The van der Waals surface area contributed by atoms with Crippen LogP contribution in [0.15, 0.2) is 24.6 Å². The van der Waals surface area contributed by atoms with Crippen molar-refractivity contribution >= 4 is 5.95 Å². The first kappa shape index (κ1) is 14.1. The lowest BCUT2D eigenvalue weighted by molar-refractivity contribution is 0.0765. The fourth-order valence-electron chi connectivity index (χ4n) is 2.74. The van der Waals surface area contributed by atoms with Gasteiger partial charge in [-0.1, -0.05) is 0 Å². The van der Waals surface area contributed by atoms with Gasteiger partial charge < -0.3 is 14.4 Å². The van der Waals surface area contributed by atoms with E-state index in [1.165, 1.54) is 0 Å². The topological polar surface area (TPSA) is 50.7 Å². The van der Waals surface area contributed by atoms with Crippen molar-refractivity contribution in [1.82, 2.24) is 14.9 Å². The first-order valence-corrected chi connectivity index (χ1v) is 7.50. The maximum Gasteiger partial charge on any atom is 0.228 e. The number of hydrogen-bond donors (Lipinski definition) is 0. The minimum Gasteiger partial charge on any atom is -0.497 e. The van der Waals surface area contributed by atoms with Gasteiger partial charge in [-0.2, -0.15) is 4.98 Å². The van der Waals surface area contributed by atoms with Crippen LogP contribution in [-0.4, -0.2) is 60.8 Å². The van der Waals surface area contributed by atoms with Crippen LogP contribution in [0.3, 0.4) is 0 Å². The Morgan fingerprint density at radius 2 is 2.19 bits per heavy atom. The van der Waals surface area contributed by atoms with Crippen molar-refractivity contribution in [1.29, 1.82) is 0 Å². The van der Waals surface area contributed by atoms with Crippen molar-refractivity contribution in [2.24, 2.45) is 0 Å². The highest BCUT2D eigenvalue weighted by atomic mass is 16.5. The molecule has 0 N–H and O–H groups in total. The zero-order valence-electron chi connectivity index (χ0n) is 12.4. The molecule has 1 fully saturated rings. The van der Waals surface area contributed by atoms with Gasteiger partial charge in [-0.25, -0.2) is 4.98 Å². The number of piperazine rings is 1. The van der Waals surface area contributed by atoms with Crippen LogP contribution in [0.2, 0.25) is 0 Å². The Balaban J connectivity index is 1.51. The van der Waals surface area contributed by atoms with Crippen molar-refractivity contribution in [2.75, 3.05) is 44.7 Å². The first-order valence-electron chi connectivity index (χ1n) is 7.50. The smallest absolute Gasteiger partial charge is 0.228 e. The lowest BCUT2D eigenvalue weighted by atomic mass is 10.1. The Morgan fingerprint density at radius 1 is 1.33 bits per heavy atom. The molecule has 1 saturated heterocycles. The van der Waals surface area contributed by atoms with Gasteiger partial charge in [0.1, 0.15) is 6.10 Å². The van der Waals surface area contributed by atoms with Crippen LogP contribution in [-0.2, 0) is 4.74 Å². The molecule has 0 saturated carbocycles. The molecule has 1 aromatic rings. The summed E-state index contributed by atoms with van der Waals surface area (Å²) in [6.45, 7) is 4.93. The van der Waals surface area contributed by atoms with Crippen molar-refractivity contribution in [3.8, 4) is 5.88 Å². The van der Waals surface area contributed by atoms with Gasteiger partial charge in [0.25, 0.3) is 0 Å². The third-order valence-corrected chi connectivity index (χ3v) is 3.97. The highest BCUT2D eigenvalue weighted by molar-refractivity contribution is 5.32. The van der Waals surface area contributed by atoms with Crippen LogP contribution < -0.4 is 9.64 Å². The number of anilines is 1. The Labute approximate surface area is 125 Å². The van der Waals surface area contributed by atoms with E-state index < -0.39 is 0 Å². The lowest BCUT2D eigenvalue weighted by Crippen LogP contribution is -2.49. The Bertz CT molecular complexity index is 486. The van der Waals surface area contributed by atoms with Gasteiger partial charge in [-0.15, -0.1) is 0 Å². The Kier molecular flexibility index (Phi) is 4.55. The number of hydrogen-bond acceptors (Lipinski definition) is 6. The van der Waals surface area contributed by atoms with Gasteiger partial charge in [0.2, 0.25) is 11.8 Å². The predicted octanol–water partition coefficient (Wildman–Crippen LogP) is 1.30. The fraction of sp³-hybridized carbons (Fsp3) is 0.600.